The Kier molecular flexibility index (Phi) is 6.37. The number of benzene rings is 2. The van der Waals surface area contributed by atoms with Crippen LogP contribution >= 0.6 is 0 Å². The van der Waals surface area contributed by atoms with Gasteiger partial charge in [-0.15, -0.1) is 0 Å². The Balaban J connectivity index is 1.90. The molecule has 0 saturated carbocycles. The molecule has 0 saturated heterocycles. The van der Waals surface area contributed by atoms with Crippen LogP contribution in [0.3, 0.4) is 0 Å². The number of ether oxygens (including phenoxy) is 2. The van der Waals surface area contributed by atoms with Crippen molar-refractivity contribution in [3.8, 4) is 5.75 Å². The van der Waals surface area contributed by atoms with Crippen LogP contribution in [0.15, 0.2) is 60.7 Å². The quantitative estimate of drug-likeness (QED) is 0.792. The molecule has 5 heteroatoms. The first-order valence-corrected chi connectivity index (χ1v) is 7.88. The number of para-hydroxylation sites is 2. The number of carbonyl (C=O) groups is 2. The maximum absolute atomic E-state index is 12.2. The smallest absolute Gasteiger partial charge is 0.348 e. The molecule has 0 spiro atoms. The van der Waals surface area contributed by atoms with Gasteiger partial charge >= 0.3 is 5.97 Å². The monoisotopic (exact) mass is 327 g/mol. The van der Waals surface area contributed by atoms with Gasteiger partial charge in [0.05, 0.1) is 0 Å². The minimum absolute atomic E-state index is 0.385. The lowest BCUT2D eigenvalue weighted by Crippen LogP contribution is -2.36. The summed E-state index contributed by atoms with van der Waals surface area (Å²) in [7, 11) is 0. The van der Waals surface area contributed by atoms with Gasteiger partial charge in [0.1, 0.15) is 5.75 Å². The second-order valence-electron chi connectivity index (χ2n) is 5.26. The number of esters is 1. The van der Waals surface area contributed by atoms with Crippen molar-refractivity contribution in [1.82, 2.24) is 0 Å². The molecule has 2 aromatic carbocycles. The predicted octanol–water partition coefficient (Wildman–Crippen LogP) is 3.41. The molecule has 0 aliphatic rings. The molecule has 126 valence electrons. The van der Waals surface area contributed by atoms with E-state index in [0.717, 1.165) is 0 Å². The van der Waals surface area contributed by atoms with E-state index in [1.54, 1.807) is 24.3 Å². The van der Waals surface area contributed by atoms with Gasteiger partial charge in [0.25, 0.3) is 5.91 Å². The van der Waals surface area contributed by atoms with Crippen LogP contribution < -0.4 is 10.1 Å². The topological polar surface area (TPSA) is 64.6 Å². The van der Waals surface area contributed by atoms with E-state index in [1.165, 1.54) is 6.92 Å². The van der Waals surface area contributed by atoms with Gasteiger partial charge in [0.2, 0.25) is 0 Å². The van der Waals surface area contributed by atoms with Gasteiger partial charge in [-0.25, -0.2) is 4.79 Å². The minimum Gasteiger partial charge on any atom is -0.479 e. The van der Waals surface area contributed by atoms with Crippen LogP contribution in [0.5, 0.6) is 5.75 Å². The van der Waals surface area contributed by atoms with Crippen LogP contribution in [0.2, 0.25) is 0 Å². The molecule has 0 radical (unpaired) electrons. The molecule has 0 aliphatic carbocycles. The summed E-state index contributed by atoms with van der Waals surface area (Å²) in [6.45, 7) is 3.36. The van der Waals surface area contributed by atoms with Crippen LogP contribution in [0.4, 0.5) is 5.69 Å². The molecule has 0 heterocycles. The summed E-state index contributed by atoms with van der Waals surface area (Å²) < 4.78 is 10.9. The second kappa shape index (κ2) is 8.72. The SMILES string of the molecule is CC[C@@H](Oc1ccccc1)C(=O)O[C@H](C)C(=O)Nc1ccccc1. The van der Waals surface area contributed by atoms with E-state index >= 15 is 0 Å². The number of rotatable bonds is 7. The summed E-state index contributed by atoms with van der Waals surface area (Å²) in [5.41, 5.74) is 0.651. The van der Waals surface area contributed by atoms with E-state index in [1.807, 2.05) is 43.3 Å². The predicted molar refractivity (Wildman–Crippen MR) is 91.8 cm³/mol. The summed E-state index contributed by atoms with van der Waals surface area (Å²) >= 11 is 0. The van der Waals surface area contributed by atoms with Gasteiger partial charge in [-0.05, 0) is 37.6 Å². The molecule has 1 N–H and O–H groups in total. The van der Waals surface area contributed by atoms with Crippen molar-refractivity contribution in [2.75, 3.05) is 5.32 Å². The second-order valence-corrected chi connectivity index (χ2v) is 5.26. The van der Waals surface area contributed by atoms with Gasteiger partial charge in [-0.3, -0.25) is 4.79 Å². The Labute approximate surface area is 141 Å². The van der Waals surface area contributed by atoms with Crippen molar-refractivity contribution in [2.45, 2.75) is 32.5 Å². The molecule has 5 nitrogen and oxygen atoms in total. The Hall–Kier alpha value is -2.82. The maximum atomic E-state index is 12.2. The van der Waals surface area contributed by atoms with E-state index in [2.05, 4.69) is 5.32 Å². The van der Waals surface area contributed by atoms with E-state index in [-0.39, 0.29) is 5.91 Å². The molecule has 24 heavy (non-hydrogen) atoms. The summed E-state index contributed by atoms with van der Waals surface area (Å²) in [6.07, 6.45) is -1.22. The highest BCUT2D eigenvalue weighted by Gasteiger charge is 2.25. The largest absolute Gasteiger partial charge is 0.479 e. The van der Waals surface area contributed by atoms with Crippen LogP contribution in [-0.4, -0.2) is 24.1 Å². The molecule has 1 amide bonds. The van der Waals surface area contributed by atoms with Crippen molar-refractivity contribution in [3.63, 3.8) is 0 Å². The van der Waals surface area contributed by atoms with Gasteiger partial charge in [-0.2, -0.15) is 0 Å². The van der Waals surface area contributed by atoms with E-state index < -0.39 is 18.2 Å². The summed E-state index contributed by atoms with van der Waals surface area (Å²) in [5.74, 6) is -0.358. The lowest BCUT2D eigenvalue weighted by molar-refractivity contribution is -0.160. The lowest BCUT2D eigenvalue weighted by atomic mass is 10.2. The maximum Gasteiger partial charge on any atom is 0.348 e. The molecular formula is C19H21NO4. The zero-order valence-corrected chi connectivity index (χ0v) is 13.8. The van der Waals surface area contributed by atoms with E-state index in [0.29, 0.717) is 17.9 Å². The first-order chi connectivity index (χ1) is 11.6. The summed E-state index contributed by atoms with van der Waals surface area (Å²) in [6, 6.07) is 18.0. The number of hydrogen-bond donors (Lipinski definition) is 1. The number of amides is 1. The third kappa shape index (κ3) is 5.12. The third-order valence-electron chi connectivity index (χ3n) is 3.36. The number of nitrogens with one attached hydrogen (secondary N) is 1. The van der Waals surface area contributed by atoms with Crippen LogP contribution in [0.1, 0.15) is 20.3 Å². The first-order valence-electron chi connectivity index (χ1n) is 7.88. The Bertz CT molecular complexity index is 658. The molecular weight excluding hydrogens is 306 g/mol. The van der Waals surface area contributed by atoms with Gasteiger partial charge < -0.3 is 14.8 Å². The fraction of sp³-hybridized carbons (Fsp3) is 0.263. The van der Waals surface area contributed by atoms with Crippen LogP contribution in [-0.2, 0) is 14.3 Å². The third-order valence-corrected chi connectivity index (χ3v) is 3.36. The number of hydrogen-bond acceptors (Lipinski definition) is 4. The van der Waals surface area contributed by atoms with Crippen LogP contribution in [0, 0.1) is 0 Å². The first kappa shape index (κ1) is 17.5. The standard InChI is InChI=1S/C19H21NO4/c1-3-17(24-16-12-8-5-9-13-16)19(22)23-14(2)18(21)20-15-10-6-4-7-11-15/h4-14,17H,3H2,1-2H3,(H,20,21)/t14-,17-/m1/s1. The van der Waals surface area contributed by atoms with Crippen molar-refractivity contribution >= 4 is 17.6 Å². The summed E-state index contributed by atoms with van der Waals surface area (Å²) in [5, 5.41) is 2.70. The fourth-order valence-electron chi connectivity index (χ4n) is 2.03. The van der Waals surface area contributed by atoms with Gasteiger partial charge in [0, 0.05) is 5.69 Å². The van der Waals surface area contributed by atoms with Gasteiger partial charge in [-0.1, -0.05) is 43.3 Å². The van der Waals surface area contributed by atoms with Crippen molar-refractivity contribution in [3.05, 3.63) is 60.7 Å². The molecule has 0 aromatic heterocycles. The van der Waals surface area contributed by atoms with E-state index in [4.69, 9.17) is 9.47 Å². The number of anilines is 1. The molecule has 2 rings (SSSR count). The fourth-order valence-corrected chi connectivity index (χ4v) is 2.03. The molecule has 0 aliphatic heterocycles. The Morgan fingerprint density at radius 3 is 2.17 bits per heavy atom. The zero-order valence-electron chi connectivity index (χ0n) is 13.8. The highest BCUT2D eigenvalue weighted by molar-refractivity contribution is 5.95. The average molecular weight is 327 g/mol. The highest BCUT2D eigenvalue weighted by Crippen LogP contribution is 2.14. The zero-order chi connectivity index (χ0) is 17.4. The molecule has 0 bridgehead atoms. The molecule has 2 aromatic rings. The minimum atomic E-state index is -0.911. The van der Waals surface area contributed by atoms with Crippen molar-refractivity contribution < 1.29 is 19.1 Å². The average Bonchev–Trinajstić information content (AvgIpc) is 2.61. The van der Waals surface area contributed by atoms with Gasteiger partial charge in [0.15, 0.2) is 12.2 Å². The molecule has 0 unspecified atom stereocenters. The van der Waals surface area contributed by atoms with Crippen LogP contribution in [0.25, 0.3) is 0 Å². The highest BCUT2D eigenvalue weighted by atomic mass is 16.6. The molecule has 2 atom stereocenters. The Morgan fingerprint density at radius 2 is 1.58 bits per heavy atom. The van der Waals surface area contributed by atoms with Crippen molar-refractivity contribution in [1.29, 1.82) is 0 Å². The van der Waals surface area contributed by atoms with E-state index in [9.17, 15) is 9.59 Å². The number of carbonyl (C=O) groups excluding carboxylic acids is 2. The van der Waals surface area contributed by atoms with Crippen molar-refractivity contribution in [2.24, 2.45) is 0 Å². The summed E-state index contributed by atoms with van der Waals surface area (Å²) in [4.78, 5) is 24.3. The lowest BCUT2D eigenvalue weighted by Gasteiger charge is -2.19. The molecule has 0 fully saturated rings. The normalized spacial score (nSPS) is 12.8. The Morgan fingerprint density at radius 1 is 1.00 bits per heavy atom.